The standard InChI is InChI=1S/C18H28F3NO5S/c1-15(2,3)26-14(23)22-10-8-12-16(4,5)13(7-9-17(12,6)11-22)27-28(24,25)18(19,20)21/h7,12H,8-11H2,1-6H3/t12-,17-/m1/s1. The second-order valence-corrected chi connectivity index (χ2v) is 10.9. The molecule has 6 nitrogen and oxygen atoms in total. The van der Waals surface area contributed by atoms with Crippen LogP contribution in [0.25, 0.3) is 0 Å². The van der Waals surface area contributed by atoms with Crippen molar-refractivity contribution >= 4 is 16.2 Å². The first-order valence-corrected chi connectivity index (χ1v) is 10.5. The molecule has 0 saturated carbocycles. The van der Waals surface area contributed by atoms with E-state index in [-0.39, 0.29) is 11.7 Å². The Morgan fingerprint density at radius 2 is 1.79 bits per heavy atom. The van der Waals surface area contributed by atoms with Crippen LogP contribution in [0.4, 0.5) is 18.0 Å². The summed E-state index contributed by atoms with van der Waals surface area (Å²) in [6, 6.07) is 0. The second kappa shape index (κ2) is 6.81. The molecule has 1 heterocycles. The molecule has 0 N–H and O–H groups in total. The maximum absolute atomic E-state index is 12.7. The molecular weight excluding hydrogens is 399 g/mol. The number of allylic oxidation sites excluding steroid dienone is 2. The summed E-state index contributed by atoms with van der Waals surface area (Å²) >= 11 is 0. The van der Waals surface area contributed by atoms with Gasteiger partial charge < -0.3 is 13.8 Å². The molecule has 2 aliphatic rings. The quantitative estimate of drug-likeness (QED) is 0.482. The van der Waals surface area contributed by atoms with E-state index in [0.29, 0.717) is 25.9 Å². The predicted molar refractivity (Wildman–Crippen MR) is 96.6 cm³/mol. The Kier molecular flexibility index (Phi) is 5.55. The molecule has 0 aromatic carbocycles. The highest BCUT2D eigenvalue weighted by atomic mass is 32.2. The average Bonchev–Trinajstić information content (AvgIpc) is 2.47. The van der Waals surface area contributed by atoms with Gasteiger partial charge in [0.15, 0.2) is 0 Å². The third-order valence-corrected chi connectivity index (χ3v) is 6.44. The molecule has 2 atom stereocenters. The molecule has 162 valence electrons. The number of likely N-dealkylation sites (tertiary alicyclic amines) is 1. The van der Waals surface area contributed by atoms with Crippen molar-refractivity contribution in [1.29, 1.82) is 0 Å². The fourth-order valence-electron chi connectivity index (χ4n) is 4.25. The zero-order chi connectivity index (χ0) is 21.8. The molecule has 1 fully saturated rings. The van der Waals surface area contributed by atoms with E-state index in [1.54, 1.807) is 39.5 Å². The topological polar surface area (TPSA) is 72.9 Å². The van der Waals surface area contributed by atoms with Crippen LogP contribution in [0.2, 0.25) is 0 Å². The van der Waals surface area contributed by atoms with Crippen LogP contribution in [0.15, 0.2) is 11.8 Å². The van der Waals surface area contributed by atoms with Crippen molar-refractivity contribution in [3.05, 3.63) is 11.8 Å². The Balaban J connectivity index is 2.25. The first-order chi connectivity index (χ1) is 12.4. The maximum Gasteiger partial charge on any atom is 0.534 e. The number of fused-ring (bicyclic) bond motifs is 1. The summed E-state index contributed by atoms with van der Waals surface area (Å²) in [4.78, 5) is 14.0. The summed E-state index contributed by atoms with van der Waals surface area (Å²) < 4.78 is 71.0. The summed E-state index contributed by atoms with van der Waals surface area (Å²) in [5.41, 5.74) is -7.49. The highest BCUT2D eigenvalue weighted by Crippen LogP contribution is 2.55. The molecule has 28 heavy (non-hydrogen) atoms. The number of halogens is 3. The molecule has 0 aromatic heterocycles. The summed E-state index contributed by atoms with van der Waals surface area (Å²) in [7, 11) is -5.72. The Morgan fingerprint density at radius 3 is 2.29 bits per heavy atom. The lowest BCUT2D eigenvalue weighted by Crippen LogP contribution is -2.56. The van der Waals surface area contributed by atoms with E-state index in [1.807, 2.05) is 6.92 Å². The van der Waals surface area contributed by atoms with Crippen molar-refractivity contribution in [2.75, 3.05) is 13.1 Å². The van der Waals surface area contributed by atoms with Crippen molar-refractivity contribution in [1.82, 2.24) is 4.90 Å². The van der Waals surface area contributed by atoms with Crippen molar-refractivity contribution in [2.24, 2.45) is 16.7 Å². The number of piperidine rings is 1. The minimum absolute atomic E-state index is 0.165. The van der Waals surface area contributed by atoms with Gasteiger partial charge in [-0.05, 0) is 51.0 Å². The molecule has 1 aliphatic carbocycles. The molecule has 0 bridgehead atoms. The molecule has 0 aromatic rings. The van der Waals surface area contributed by atoms with E-state index in [9.17, 15) is 26.4 Å². The maximum atomic E-state index is 12.7. The zero-order valence-electron chi connectivity index (χ0n) is 17.0. The number of carbonyl (C=O) groups is 1. The van der Waals surface area contributed by atoms with E-state index >= 15 is 0 Å². The van der Waals surface area contributed by atoms with Crippen molar-refractivity contribution in [3.63, 3.8) is 0 Å². The number of rotatable bonds is 2. The van der Waals surface area contributed by atoms with Crippen molar-refractivity contribution < 1.29 is 35.3 Å². The molecule has 0 radical (unpaired) electrons. The number of ether oxygens (including phenoxy) is 1. The van der Waals surface area contributed by atoms with E-state index in [1.165, 1.54) is 6.08 Å². The van der Waals surface area contributed by atoms with E-state index < -0.39 is 38.2 Å². The highest BCUT2D eigenvalue weighted by Gasteiger charge is 2.55. The van der Waals surface area contributed by atoms with Gasteiger partial charge in [-0.15, -0.1) is 0 Å². The van der Waals surface area contributed by atoms with Gasteiger partial charge in [0.05, 0.1) is 0 Å². The van der Waals surface area contributed by atoms with Crippen LogP contribution in [0.1, 0.15) is 54.4 Å². The normalized spacial score (nSPS) is 28.2. The van der Waals surface area contributed by atoms with Crippen LogP contribution in [-0.2, 0) is 19.0 Å². The SMILES string of the molecule is CC(C)(C)OC(=O)N1CC[C@@H]2C(C)(C)C(OS(=O)(=O)C(F)(F)F)=CC[C@]2(C)C1. The van der Waals surface area contributed by atoms with Crippen LogP contribution in [0.3, 0.4) is 0 Å². The van der Waals surface area contributed by atoms with Crippen molar-refractivity contribution in [2.45, 2.75) is 65.5 Å². The van der Waals surface area contributed by atoms with E-state index in [0.717, 1.165) is 0 Å². The zero-order valence-corrected chi connectivity index (χ0v) is 17.8. The van der Waals surface area contributed by atoms with Gasteiger partial charge in [0.2, 0.25) is 0 Å². The molecule has 1 amide bonds. The van der Waals surface area contributed by atoms with E-state index in [4.69, 9.17) is 4.74 Å². The monoisotopic (exact) mass is 427 g/mol. The van der Waals surface area contributed by atoms with Gasteiger partial charge in [-0.3, -0.25) is 0 Å². The van der Waals surface area contributed by atoms with E-state index in [2.05, 4.69) is 4.18 Å². The minimum atomic E-state index is -5.72. The smallest absolute Gasteiger partial charge is 0.444 e. The van der Waals surface area contributed by atoms with Gasteiger partial charge in [-0.25, -0.2) is 4.79 Å². The lowest BCUT2D eigenvalue weighted by atomic mass is 9.56. The Labute approximate surface area is 164 Å². The van der Waals surface area contributed by atoms with Gasteiger partial charge in [-0.1, -0.05) is 20.8 Å². The Hall–Kier alpha value is -1.45. The van der Waals surface area contributed by atoms with Crippen LogP contribution >= 0.6 is 0 Å². The third-order valence-electron chi connectivity index (χ3n) is 5.48. The minimum Gasteiger partial charge on any atom is -0.444 e. The summed E-state index contributed by atoms with van der Waals surface area (Å²) in [5, 5.41) is 0. The van der Waals surface area contributed by atoms with Crippen LogP contribution in [-0.4, -0.2) is 43.6 Å². The predicted octanol–water partition coefficient (Wildman–Crippen LogP) is 4.43. The van der Waals surface area contributed by atoms with Gasteiger partial charge in [-0.2, -0.15) is 21.6 Å². The summed E-state index contributed by atoms with van der Waals surface area (Å²) in [6.07, 6.45) is 1.76. The van der Waals surface area contributed by atoms with Crippen LogP contribution in [0.5, 0.6) is 0 Å². The Bertz CT molecular complexity index is 767. The number of alkyl halides is 3. The lowest BCUT2D eigenvalue weighted by molar-refractivity contribution is -0.0614. The van der Waals surface area contributed by atoms with Gasteiger partial charge >= 0.3 is 21.7 Å². The number of nitrogens with zero attached hydrogens (tertiary/aromatic N) is 1. The van der Waals surface area contributed by atoms with Crippen molar-refractivity contribution in [3.8, 4) is 0 Å². The first kappa shape index (κ1) is 22.8. The number of hydrogen-bond donors (Lipinski definition) is 0. The lowest BCUT2D eigenvalue weighted by Gasteiger charge is -2.54. The third kappa shape index (κ3) is 4.41. The number of carbonyl (C=O) groups excluding carboxylic acids is 1. The van der Waals surface area contributed by atoms with Crippen LogP contribution < -0.4 is 0 Å². The van der Waals surface area contributed by atoms with Gasteiger partial charge in [0, 0.05) is 18.5 Å². The van der Waals surface area contributed by atoms with Gasteiger partial charge in [0.25, 0.3) is 0 Å². The van der Waals surface area contributed by atoms with Crippen LogP contribution in [0, 0.1) is 16.7 Å². The number of amides is 1. The van der Waals surface area contributed by atoms with Gasteiger partial charge in [0.1, 0.15) is 11.4 Å². The Morgan fingerprint density at radius 1 is 1.21 bits per heavy atom. The first-order valence-electron chi connectivity index (χ1n) is 9.08. The second-order valence-electron chi connectivity index (χ2n) is 9.37. The molecule has 0 spiro atoms. The fourth-order valence-corrected chi connectivity index (χ4v) is 4.86. The molecule has 1 saturated heterocycles. The summed E-state index contributed by atoms with van der Waals surface area (Å²) in [5.74, 6) is -0.361. The largest absolute Gasteiger partial charge is 0.534 e. The fraction of sp³-hybridized carbons (Fsp3) is 0.833. The molecule has 0 unspecified atom stereocenters. The number of hydrogen-bond acceptors (Lipinski definition) is 5. The summed E-state index contributed by atoms with van der Waals surface area (Å²) in [6.45, 7) is 11.4. The average molecular weight is 427 g/mol. The molecule has 2 rings (SSSR count). The molecular formula is C18H28F3NO5S. The molecule has 1 aliphatic heterocycles. The highest BCUT2D eigenvalue weighted by molar-refractivity contribution is 7.87. The molecule has 10 heteroatoms.